The number of nitrogens with one attached hydrogen (secondary N) is 1. The molecule has 2 amide bonds. The van der Waals surface area contributed by atoms with Crippen molar-refractivity contribution in [2.24, 2.45) is 12.2 Å². The van der Waals surface area contributed by atoms with E-state index in [2.05, 4.69) is 20.4 Å². The zero-order chi connectivity index (χ0) is 15.0. The molecule has 106 valence electrons. The van der Waals surface area contributed by atoms with Gasteiger partial charge in [-0.15, -0.1) is 0 Å². The van der Waals surface area contributed by atoms with E-state index in [1.165, 1.54) is 0 Å². The van der Waals surface area contributed by atoms with Gasteiger partial charge in [-0.1, -0.05) is 11.2 Å². The smallest absolute Gasteiger partial charge is 0.235 e. The summed E-state index contributed by atoms with van der Waals surface area (Å²) in [5.41, 5.74) is 10.4. The molecular weight excluding hydrogens is 272 g/mol. The molecule has 1 aromatic carbocycles. The predicted molar refractivity (Wildman–Crippen MR) is 74.6 cm³/mol. The first-order valence-electron chi connectivity index (χ1n) is 6.45. The number of azide groups is 1. The van der Waals surface area contributed by atoms with Gasteiger partial charge in [-0.05, 0) is 24.1 Å². The number of imide groups is 1. The molecule has 21 heavy (non-hydrogen) atoms. The third-order valence-electron chi connectivity index (χ3n) is 3.59. The van der Waals surface area contributed by atoms with Gasteiger partial charge >= 0.3 is 0 Å². The first-order valence-corrected chi connectivity index (χ1v) is 6.45. The Hall–Kier alpha value is -2.86. The molecule has 0 saturated carbocycles. The van der Waals surface area contributed by atoms with Crippen LogP contribution >= 0.6 is 0 Å². The third-order valence-corrected chi connectivity index (χ3v) is 3.59. The normalized spacial score (nSPS) is 18.4. The van der Waals surface area contributed by atoms with Crippen LogP contribution in [0.1, 0.15) is 24.5 Å². The molecule has 1 unspecified atom stereocenters. The highest BCUT2D eigenvalue weighted by molar-refractivity contribution is 6.02. The van der Waals surface area contributed by atoms with Gasteiger partial charge in [0.25, 0.3) is 0 Å². The van der Waals surface area contributed by atoms with Crippen LogP contribution in [0.15, 0.2) is 23.3 Å². The predicted octanol–water partition coefficient (Wildman–Crippen LogP) is 2.04. The summed E-state index contributed by atoms with van der Waals surface area (Å²) in [6.07, 6.45) is 0.729. The summed E-state index contributed by atoms with van der Waals surface area (Å²) in [5, 5.41) is 11.1. The molecule has 0 spiro atoms. The number of piperidine rings is 1. The maximum atomic E-state index is 12.0. The third kappa shape index (κ3) is 2.21. The van der Waals surface area contributed by atoms with Crippen LogP contribution in [-0.2, 0) is 16.6 Å². The van der Waals surface area contributed by atoms with Crippen molar-refractivity contribution < 1.29 is 9.59 Å². The molecule has 1 aliphatic heterocycles. The van der Waals surface area contributed by atoms with Gasteiger partial charge in [0.15, 0.2) is 0 Å². The zero-order valence-electron chi connectivity index (χ0n) is 11.3. The minimum absolute atomic E-state index is 0.258. The van der Waals surface area contributed by atoms with Crippen LogP contribution in [0, 0.1) is 0 Å². The quantitative estimate of drug-likeness (QED) is 0.394. The summed E-state index contributed by atoms with van der Waals surface area (Å²) in [6, 6.07) is 5.20. The van der Waals surface area contributed by atoms with Gasteiger partial charge in [0.1, 0.15) is 0 Å². The molecule has 8 nitrogen and oxygen atoms in total. The minimum Gasteiger partial charge on any atom is -0.296 e. The molecule has 1 fully saturated rings. The zero-order valence-corrected chi connectivity index (χ0v) is 11.3. The molecule has 2 heterocycles. The largest absolute Gasteiger partial charge is 0.296 e. The van der Waals surface area contributed by atoms with Crippen molar-refractivity contribution in [1.82, 2.24) is 15.1 Å². The lowest BCUT2D eigenvalue weighted by atomic mass is 9.93. The fourth-order valence-corrected chi connectivity index (χ4v) is 2.61. The highest BCUT2D eigenvalue weighted by Crippen LogP contribution is 2.32. The van der Waals surface area contributed by atoms with E-state index in [4.69, 9.17) is 5.53 Å². The Morgan fingerprint density at radius 2 is 2.29 bits per heavy atom. The summed E-state index contributed by atoms with van der Waals surface area (Å²) in [4.78, 5) is 26.0. The van der Waals surface area contributed by atoms with Gasteiger partial charge in [-0.25, -0.2) is 0 Å². The number of hydrogen-bond acceptors (Lipinski definition) is 4. The Morgan fingerprint density at radius 1 is 1.48 bits per heavy atom. The summed E-state index contributed by atoms with van der Waals surface area (Å²) in [7, 11) is 1.78. The molecule has 1 atom stereocenters. The fraction of sp³-hybridized carbons (Fsp3) is 0.308. The lowest BCUT2D eigenvalue weighted by molar-refractivity contribution is -0.134. The lowest BCUT2D eigenvalue weighted by Crippen LogP contribution is -2.39. The molecule has 1 saturated heterocycles. The molecule has 1 aromatic heterocycles. The van der Waals surface area contributed by atoms with Crippen molar-refractivity contribution in [2.45, 2.75) is 18.8 Å². The van der Waals surface area contributed by atoms with E-state index in [0.717, 1.165) is 10.9 Å². The van der Waals surface area contributed by atoms with Crippen LogP contribution in [-0.4, -0.2) is 21.6 Å². The second-order valence-electron chi connectivity index (χ2n) is 4.90. The molecule has 0 radical (unpaired) electrons. The number of hydrogen-bond donors (Lipinski definition) is 1. The number of benzene rings is 1. The number of nitrogens with zero attached hydrogens (tertiary/aromatic N) is 5. The second kappa shape index (κ2) is 4.92. The Morgan fingerprint density at radius 3 is 3.00 bits per heavy atom. The van der Waals surface area contributed by atoms with Crippen molar-refractivity contribution in [3.63, 3.8) is 0 Å². The maximum Gasteiger partial charge on any atom is 0.235 e. The van der Waals surface area contributed by atoms with Gasteiger partial charge in [-0.2, -0.15) is 5.10 Å². The summed E-state index contributed by atoms with van der Waals surface area (Å²) in [6.45, 7) is 0. The van der Waals surface area contributed by atoms with E-state index < -0.39 is 5.92 Å². The van der Waals surface area contributed by atoms with E-state index in [-0.39, 0.29) is 11.8 Å². The molecule has 0 bridgehead atoms. The van der Waals surface area contributed by atoms with Crippen LogP contribution in [0.2, 0.25) is 0 Å². The van der Waals surface area contributed by atoms with Gasteiger partial charge in [0, 0.05) is 29.5 Å². The highest BCUT2D eigenvalue weighted by Gasteiger charge is 2.31. The Kier molecular flexibility index (Phi) is 3.08. The number of carbonyl (C=O) groups is 2. The summed E-state index contributed by atoms with van der Waals surface area (Å²) < 4.78 is 1.67. The van der Waals surface area contributed by atoms with E-state index in [1.807, 2.05) is 0 Å². The number of rotatable bonds is 2. The van der Waals surface area contributed by atoms with Crippen LogP contribution in [0.25, 0.3) is 21.3 Å². The van der Waals surface area contributed by atoms with E-state index in [1.54, 1.807) is 29.9 Å². The maximum absolute atomic E-state index is 12.0. The van der Waals surface area contributed by atoms with Crippen LogP contribution in [0.5, 0.6) is 0 Å². The molecule has 1 aliphatic rings. The van der Waals surface area contributed by atoms with Crippen molar-refractivity contribution in [1.29, 1.82) is 0 Å². The lowest BCUT2D eigenvalue weighted by Gasteiger charge is -2.19. The minimum atomic E-state index is -0.465. The Balaban J connectivity index is 2.13. The average molecular weight is 284 g/mol. The monoisotopic (exact) mass is 284 g/mol. The number of carbonyl (C=O) groups excluding carboxylic acids is 2. The SMILES string of the molecule is Cn1nc(C2CCC(=O)NC2=O)c2cc(N=[N+]=[N-])ccc21. The second-order valence-corrected chi connectivity index (χ2v) is 4.90. The van der Waals surface area contributed by atoms with Gasteiger partial charge in [0.05, 0.1) is 17.1 Å². The van der Waals surface area contributed by atoms with Crippen LogP contribution in [0.4, 0.5) is 5.69 Å². The van der Waals surface area contributed by atoms with Gasteiger partial charge in [0.2, 0.25) is 11.8 Å². The first kappa shape index (κ1) is 13.1. The number of aromatic nitrogens is 2. The van der Waals surface area contributed by atoms with E-state index >= 15 is 0 Å². The molecule has 3 rings (SSSR count). The molecule has 0 aliphatic carbocycles. The molecule has 8 heteroatoms. The average Bonchev–Trinajstić information content (AvgIpc) is 2.76. The topological polar surface area (TPSA) is 113 Å². The van der Waals surface area contributed by atoms with Crippen LogP contribution in [0.3, 0.4) is 0 Å². The molecule has 2 aromatic rings. The number of aryl methyl sites for hydroxylation is 1. The van der Waals surface area contributed by atoms with Gasteiger partial charge in [-0.3, -0.25) is 19.6 Å². The van der Waals surface area contributed by atoms with Crippen LogP contribution < -0.4 is 5.32 Å². The Bertz CT molecular complexity index is 802. The van der Waals surface area contributed by atoms with Crippen molar-refractivity contribution in [3.8, 4) is 0 Å². The molecule has 1 N–H and O–H groups in total. The standard InChI is InChI=1S/C13H12N6O2/c1-19-10-4-2-7(16-18-14)6-9(10)12(17-19)8-3-5-11(20)15-13(8)21/h2,4,6,8H,3,5H2,1H3,(H,15,20,21). The Labute approximate surface area is 119 Å². The van der Waals surface area contributed by atoms with E-state index in [0.29, 0.717) is 24.2 Å². The summed E-state index contributed by atoms with van der Waals surface area (Å²) >= 11 is 0. The number of amides is 2. The summed E-state index contributed by atoms with van der Waals surface area (Å²) in [5.74, 6) is -1.06. The van der Waals surface area contributed by atoms with Gasteiger partial charge < -0.3 is 0 Å². The molecular formula is C13H12N6O2. The highest BCUT2D eigenvalue weighted by atomic mass is 16.2. The van der Waals surface area contributed by atoms with E-state index in [9.17, 15) is 9.59 Å². The number of fused-ring (bicyclic) bond motifs is 1. The van der Waals surface area contributed by atoms with Crippen molar-refractivity contribution in [2.75, 3.05) is 0 Å². The van der Waals surface area contributed by atoms with Crippen molar-refractivity contribution >= 4 is 28.4 Å². The first-order chi connectivity index (χ1) is 10.1. The fourth-order valence-electron chi connectivity index (χ4n) is 2.61. The van der Waals surface area contributed by atoms with Crippen molar-refractivity contribution in [3.05, 3.63) is 34.3 Å².